The minimum absolute atomic E-state index is 0.189. The number of carbonyl (C=O) groups is 1. The molecule has 4 heteroatoms. The number of halogens is 2. The van der Waals surface area contributed by atoms with E-state index < -0.39 is 0 Å². The highest BCUT2D eigenvalue weighted by Crippen LogP contribution is 2.21. The smallest absolute Gasteiger partial charge is 0.253 e. The lowest BCUT2D eigenvalue weighted by Gasteiger charge is -2.12. The fourth-order valence-corrected chi connectivity index (χ4v) is 2.85. The molecule has 0 heterocycles. The number of hydrogen-bond acceptors (Lipinski definition) is 1. The lowest BCUT2D eigenvalue weighted by molar-refractivity contribution is 0.0951. The summed E-state index contributed by atoms with van der Waals surface area (Å²) in [6, 6.07) is 11.3. The van der Waals surface area contributed by atoms with Gasteiger partial charge in [0, 0.05) is 11.6 Å². The molecule has 0 spiro atoms. The Kier molecular flexibility index (Phi) is 5.87. The van der Waals surface area contributed by atoms with Crippen LogP contribution in [0.5, 0.6) is 0 Å². The van der Waals surface area contributed by atoms with Crippen LogP contribution < -0.4 is 5.32 Å². The largest absolute Gasteiger partial charge is 0.348 e. The molecular weight excluding hydrogens is 317 g/mol. The van der Waals surface area contributed by atoms with Gasteiger partial charge < -0.3 is 5.32 Å². The van der Waals surface area contributed by atoms with Crippen LogP contribution in [0.4, 0.5) is 0 Å². The van der Waals surface area contributed by atoms with Crippen LogP contribution in [-0.4, -0.2) is 5.91 Å². The van der Waals surface area contributed by atoms with Gasteiger partial charge in [0.1, 0.15) is 0 Å². The molecule has 22 heavy (non-hydrogen) atoms. The predicted molar refractivity (Wildman–Crippen MR) is 92.8 cm³/mol. The topological polar surface area (TPSA) is 29.1 Å². The molecule has 2 nitrogen and oxygen atoms in total. The van der Waals surface area contributed by atoms with E-state index in [0.717, 1.165) is 18.4 Å². The summed E-state index contributed by atoms with van der Waals surface area (Å²) in [5, 5.41) is 3.82. The Morgan fingerprint density at radius 1 is 1.00 bits per heavy atom. The Morgan fingerprint density at radius 3 is 2.41 bits per heavy atom. The van der Waals surface area contributed by atoms with Gasteiger partial charge in [0.2, 0.25) is 0 Å². The maximum absolute atomic E-state index is 12.3. The van der Waals surface area contributed by atoms with Crippen LogP contribution in [0, 0.1) is 0 Å². The molecule has 0 bridgehead atoms. The van der Waals surface area contributed by atoms with E-state index in [1.54, 1.807) is 18.2 Å². The van der Waals surface area contributed by atoms with E-state index >= 15 is 0 Å². The molecule has 0 radical (unpaired) electrons. The third-order valence-electron chi connectivity index (χ3n) is 3.67. The molecule has 1 amide bonds. The summed E-state index contributed by atoms with van der Waals surface area (Å²) in [5.41, 5.74) is 4.11. The van der Waals surface area contributed by atoms with Gasteiger partial charge in [-0.2, -0.15) is 0 Å². The first-order valence-corrected chi connectivity index (χ1v) is 8.14. The van der Waals surface area contributed by atoms with Crippen molar-refractivity contribution in [3.63, 3.8) is 0 Å². The lowest BCUT2D eigenvalue weighted by Crippen LogP contribution is -2.23. The molecular formula is C18H19Cl2NO. The summed E-state index contributed by atoms with van der Waals surface area (Å²) in [5.74, 6) is -0.189. The van der Waals surface area contributed by atoms with E-state index in [-0.39, 0.29) is 5.91 Å². The summed E-state index contributed by atoms with van der Waals surface area (Å²) in [6.07, 6.45) is 1.92. The molecule has 0 aliphatic heterocycles. The van der Waals surface area contributed by atoms with E-state index in [2.05, 4.69) is 37.4 Å². The monoisotopic (exact) mass is 335 g/mol. The molecule has 0 aromatic heterocycles. The third-order valence-corrected chi connectivity index (χ3v) is 4.22. The summed E-state index contributed by atoms with van der Waals surface area (Å²) < 4.78 is 0. The number of hydrogen-bond donors (Lipinski definition) is 1. The van der Waals surface area contributed by atoms with Crippen molar-refractivity contribution in [2.24, 2.45) is 0 Å². The van der Waals surface area contributed by atoms with Gasteiger partial charge in [0.05, 0.1) is 10.6 Å². The molecule has 0 atom stereocenters. The second kappa shape index (κ2) is 7.66. The van der Waals surface area contributed by atoms with Gasteiger partial charge in [-0.1, -0.05) is 55.2 Å². The van der Waals surface area contributed by atoms with Crippen LogP contribution in [0.2, 0.25) is 10.0 Å². The van der Waals surface area contributed by atoms with E-state index in [0.29, 0.717) is 22.2 Å². The van der Waals surface area contributed by atoms with Crippen molar-refractivity contribution in [1.29, 1.82) is 0 Å². The van der Waals surface area contributed by atoms with Gasteiger partial charge in [-0.3, -0.25) is 4.79 Å². The maximum Gasteiger partial charge on any atom is 0.253 e. The summed E-state index contributed by atoms with van der Waals surface area (Å²) in [7, 11) is 0. The zero-order valence-corrected chi connectivity index (χ0v) is 14.3. The molecule has 0 aliphatic rings. The fourth-order valence-electron chi connectivity index (χ4n) is 2.35. The fraction of sp³-hybridized carbons (Fsp3) is 0.278. The predicted octanol–water partition coefficient (Wildman–Crippen LogP) is 5.05. The molecule has 1 N–H and O–H groups in total. The Bertz CT molecular complexity index is 683. The average molecular weight is 336 g/mol. The number of benzene rings is 2. The van der Waals surface area contributed by atoms with Crippen LogP contribution in [0.3, 0.4) is 0 Å². The second-order valence-electron chi connectivity index (χ2n) is 5.12. The highest BCUT2D eigenvalue weighted by Gasteiger charge is 2.11. The van der Waals surface area contributed by atoms with Gasteiger partial charge in [0.25, 0.3) is 5.91 Å². The number of rotatable bonds is 5. The Morgan fingerprint density at radius 2 is 1.77 bits per heavy atom. The second-order valence-corrected chi connectivity index (χ2v) is 5.96. The van der Waals surface area contributed by atoms with Crippen molar-refractivity contribution in [3.05, 3.63) is 68.7 Å². The van der Waals surface area contributed by atoms with Gasteiger partial charge >= 0.3 is 0 Å². The quantitative estimate of drug-likeness (QED) is 0.813. The van der Waals surface area contributed by atoms with Crippen molar-refractivity contribution >= 4 is 29.1 Å². The van der Waals surface area contributed by atoms with Crippen LogP contribution >= 0.6 is 23.2 Å². The first kappa shape index (κ1) is 16.9. The van der Waals surface area contributed by atoms with Crippen molar-refractivity contribution in [1.82, 2.24) is 5.32 Å². The minimum atomic E-state index is -0.189. The third kappa shape index (κ3) is 4.02. The number of carbonyl (C=O) groups excluding carboxylic acids is 1. The van der Waals surface area contributed by atoms with Crippen LogP contribution in [0.1, 0.15) is 40.9 Å². The molecule has 0 saturated heterocycles. The molecule has 2 aromatic carbocycles. The molecule has 0 saturated carbocycles. The Hall–Kier alpha value is -1.51. The van der Waals surface area contributed by atoms with Crippen molar-refractivity contribution in [2.75, 3.05) is 0 Å². The Labute approximate surface area is 141 Å². The Balaban J connectivity index is 2.13. The molecule has 2 aromatic rings. The van der Waals surface area contributed by atoms with Crippen LogP contribution in [-0.2, 0) is 19.4 Å². The maximum atomic E-state index is 12.3. The molecule has 0 fully saturated rings. The number of nitrogens with one attached hydrogen (secondary N) is 1. The van der Waals surface area contributed by atoms with E-state index in [1.165, 1.54) is 11.1 Å². The highest BCUT2D eigenvalue weighted by atomic mass is 35.5. The SMILES string of the molecule is CCc1ccc(CC)c(CNC(=O)c2ccc(Cl)cc2Cl)c1. The lowest BCUT2D eigenvalue weighted by atomic mass is 10.0. The van der Waals surface area contributed by atoms with E-state index in [1.807, 2.05) is 0 Å². The highest BCUT2D eigenvalue weighted by molar-refractivity contribution is 6.36. The van der Waals surface area contributed by atoms with Gasteiger partial charge in [-0.15, -0.1) is 0 Å². The summed E-state index contributed by atoms with van der Waals surface area (Å²) in [4.78, 5) is 12.3. The number of aryl methyl sites for hydroxylation is 2. The van der Waals surface area contributed by atoms with Crippen molar-refractivity contribution in [3.8, 4) is 0 Å². The van der Waals surface area contributed by atoms with Crippen molar-refractivity contribution < 1.29 is 4.79 Å². The van der Waals surface area contributed by atoms with Gasteiger partial charge in [-0.05, 0) is 47.7 Å². The molecule has 0 unspecified atom stereocenters. The van der Waals surface area contributed by atoms with Crippen molar-refractivity contribution in [2.45, 2.75) is 33.2 Å². The average Bonchev–Trinajstić information content (AvgIpc) is 2.52. The molecule has 116 valence electrons. The van der Waals surface area contributed by atoms with Gasteiger partial charge in [-0.25, -0.2) is 0 Å². The standard InChI is InChI=1S/C18H19Cl2NO/c1-3-12-5-6-13(4-2)14(9-12)11-21-18(22)16-8-7-15(19)10-17(16)20/h5-10H,3-4,11H2,1-2H3,(H,21,22). The number of amides is 1. The molecule has 2 rings (SSSR count). The summed E-state index contributed by atoms with van der Waals surface area (Å²) in [6.45, 7) is 4.73. The normalized spacial score (nSPS) is 10.5. The van der Waals surface area contributed by atoms with Gasteiger partial charge in [0.15, 0.2) is 0 Å². The first-order chi connectivity index (χ1) is 10.5. The van der Waals surface area contributed by atoms with E-state index in [9.17, 15) is 4.79 Å². The molecule has 0 aliphatic carbocycles. The van der Waals surface area contributed by atoms with E-state index in [4.69, 9.17) is 23.2 Å². The first-order valence-electron chi connectivity index (χ1n) is 7.39. The zero-order chi connectivity index (χ0) is 16.1. The van der Waals surface area contributed by atoms with Crippen LogP contribution in [0.15, 0.2) is 36.4 Å². The van der Waals surface area contributed by atoms with Crippen LogP contribution in [0.25, 0.3) is 0 Å². The minimum Gasteiger partial charge on any atom is -0.348 e. The zero-order valence-electron chi connectivity index (χ0n) is 12.7. The summed E-state index contributed by atoms with van der Waals surface area (Å²) >= 11 is 11.9.